The van der Waals surface area contributed by atoms with Crippen LogP contribution in [0.5, 0.6) is 23.0 Å². The van der Waals surface area contributed by atoms with Crippen LogP contribution < -0.4 is 9.05 Å². The van der Waals surface area contributed by atoms with Gasteiger partial charge in [0.05, 0.1) is 0 Å². The Morgan fingerprint density at radius 2 is 0.721 bits per heavy atom. The first kappa shape index (κ1) is 32.2. The van der Waals surface area contributed by atoms with Crippen LogP contribution in [0.25, 0.3) is 0 Å². The minimum Gasteiger partial charge on any atom is -0.508 e. The lowest BCUT2D eigenvalue weighted by atomic mass is 9.78. The van der Waals surface area contributed by atoms with E-state index in [1.807, 2.05) is 48.5 Å². The SMILES string of the molecule is CCC(c1ccc(O)cc1)C(CC)c1ccc(OP(=O)(O)Oc2ccc(C(CC)C(CC)c3ccc(O)cc3)cc2)cc1. The minimum atomic E-state index is -4.43. The summed E-state index contributed by atoms with van der Waals surface area (Å²) in [5.41, 5.74) is 4.56. The van der Waals surface area contributed by atoms with Gasteiger partial charge >= 0.3 is 7.82 Å². The standard InChI is InChI=1S/C36H43O6P/c1-5-33(25-9-17-29(37)18-10-25)35(7-3)27-13-21-31(22-14-27)41-43(39,40)42-32-23-15-28(16-24-32)36(8-4)34(6-2)26-11-19-30(38)20-12-26/h9-24,33-38H,5-8H2,1-4H3,(H,39,40). The lowest BCUT2D eigenvalue weighted by molar-refractivity contribution is 0.291. The molecular formula is C36H43O6P. The summed E-state index contributed by atoms with van der Waals surface area (Å²) < 4.78 is 23.7. The molecule has 0 radical (unpaired) electrons. The number of phenolic OH excluding ortho intramolecular Hbond substituents is 2. The molecule has 0 fully saturated rings. The zero-order valence-electron chi connectivity index (χ0n) is 25.4. The highest BCUT2D eigenvalue weighted by atomic mass is 31.2. The van der Waals surface area contributed by atoms with Gasteiger partial charge in [-0.25, -0.2) is 4.57 Å². The fourth-order valence-electron chi connectivity index (χ4n) is 6.29. The molecule has 0 heterocycles. The van der Waals surface area contributed by atoms with Crippen LogP contribution in [0, 0.1) is 0 Å². The number of phosphoric ester groups is 1. The van der Waals surface area contributed by atoms with Crippen molar-refractivity contribution in [1.82, 2.24) is 0 Å². The summed E-state index contributed by atoms with van der Waals surface area (Å²) in [6.45, 7) is 8.61. The van der Waals surface area contributed by atoms with Crippen LogP contribution in [0.4, 0.5) is 0 Å². The average molecular weight is 603 g/mol. The van der Waals surface area contributed by atoms with E-state index in [0.717, 1.165) is 36.8 Å². The van der Waals surface area contributed by atoms with E-state index in [0.29, 0.717) is 0 Å². The van der Waals surface area contributed by atoms with Crippen molar-refractivity contribution in [2.45, 2.75) is 77.0 Å². The van der Waals surface area contributed by atoms with E-state index < -0.39 is 7.82 Å². The van der Waals surface area contributed by atoms with Crippen LogP contribution >= 0.6 is 7.82 Å². The van der Waals surface area contributed by atoms with Gasteiger partial charge in [-0.2, -0.15) is 0 Å². The molecule has 0 spiro atoms. The summed E-state index contributed by atoms with van der Waals surface area (Å²) in [4.78, 5) is 10.5. The van der Waals surface area contributed by atoms with Gasteiger partial charge in [0.1, 0.15) is 23.0 Å². The average Bonchev–Trinajstić information content (AvgIpc) is 3.00. The summed E-state index contributed by atoms with van der Waals surface area (Å²) in [5.74, 6) is 2.04. The summed E-state index contributed by atoms with van der Waals surface area (Å²) in [5, 5.41) is 19.4. The highest BCUT2D eigenvalue weighted by Crippen LogP contribution is 2.46. The molecule has 7 heteroatoms. The quantitative estimate of drug-likeness (QED) is 0.124. The molecule has 0 aliphatic heterocycles. The van der Waals surface area contributed by atoms with Gasteiger partial charge in [-0.15, -0.1) is 0 Å². The summed E-state index contributed by atoms with van der Waals surface area (Å²) in [6, 6.07) is 29.3. The van der Waals surface area contributed by atoms with E-state index in [1.165, 1.54) is 11.1 Å². The van der Waals surface area contributed by atoms with Gasteiger partial charge in [0.15, 0.2) is 0 Å². The lowest BCUT2D eigenvalue weighted by Gasteiger charge is -2.27. The molecule has 43 heavy (non-hydrogen) atoms. The second-order valence-electron chi connectivity index (χ2n) is 11.0. The Hall–Kier alpha value is -3.73. The van der Waals surface area contributed by atoms with Gasteiger partial charge in [0.25, 0.3) is 0 Å². The first-order chi connectivity index (χ1) is 20.7. The van der Waals surface area contributed by atoms with Crippen molar-refractivity contribution in [1.29, 1.82) is 0 Å². The summed E-state index contributed by atoms with van der Waals surface area (Å²) >= 11 is 0. The van der Waals surface area contributed by atoms with E-state index in [2.05, 4.69) is 27.7 Å². The zero-order chi connectivity index (χ0) is 31.0. The molecule has 0 saturated carbocycles. The highest BCUT2D eigenvalue weighted by Gasteiger charge is 2.27. The Morgan fingerprint density at radius 1 is 0.488 bits per heavy atom. The van der Waals surface area contributed by atoms with Gasteiger partial charge < -0.3 is 19.3 Å². The third-order valence-corrected chi connectivity index (χ3v) is 9.31. The molecule has 4 rings (SSSR count). The number of phosphoric acid groups is 1. The largest absolute Gasteiger partial charge is 0.584 e. The van der Waals surface area contributed by atoms with Crippen molar-refractivity contribution in [3.8, 4) is 23.0 Å². The Balaban J connectivity index is 1.42. The van der Waals surface area contributed by atoms with Gasteiger partial charge in [-0.3, -0.25) is 4.89 Å². The molecule has 0 aromatic heterocycles. The third kappa shape index (κ3) is 8.22. The first-order valence-electron chi connectivity index (χ1n) is 15.2. The number of rotatable bonds is 14. The molecule has 0 aliphatic carbocycles. The van der Waals surface area contributed by atoms with E-state index in [1.54, 1.807) is 48.5 Å². The number of hydrogen-bond acceptors (Lipinski definition) is 5. The monoisotopic (exact) mass is 602 g/mol. The van der Waals surface area contributed by atoms with E-state index in [9.17, 15) is 19.7 Å². The van der Waals surface area contributed by atoms with Crippen molar-refractivity contribution in [3.63, 3.8) is 0 Å². The van der Waals surface area contributed by atoms with Crippen LogP contribution in [0.1, 0.15) is 99.3 Å². The van der Waals surface area contributed by atoms with Crippen molar-refractivity contribution in [2.75, 3.05) is 0 Å². The van der Waals surface area contributed by atoms with Crippen LogP contribution in [0.3, 0.4) is 0 Å². The third-order valence-electron chi connectivity index (χ3n) is 8.43. The summed E-state index contributed by atoms with van der Waals surface area (Å²) in [6.07, 6.45) is 3.72. The van der Waals surface area contributed by atoms with Crippen LogP contribution in [0.15, 0.2) is 97.1 Å². The molecule has 0 aliphatic rings. The lowest BCUT2D eigenvalue weighted by Crippen LogP contribution is -2.10. The van der Waals surface area contributed by atoms with E-state index in [-0.39, 0.29) is 46.7 Å². The zero-order valence-corrected chi connectivity index (χ0v) is 26.3. The van der Waals surface area contributed by atoms with Crippen LogP contribution in [-0.2, 0) is 4.57 Å². The molecule has 4 atom stereocenters. The van der Waals surface area contributed by atoms with Crippen LogP contribution in [-0.4, -0.2) is 15.1 Å². The van der Waals surface area contributed by atoms with Gasteiger partial charge in [-0.05, 0) is 120 Å². The fraction of sp³-hybridized carbons (Fsp3) is 0.333. The molecule has 0 saturated heterocycles. The predicted octanol–water partition coefficient (Wildman–Crippen LogP) is 10.0. The molecule has 228 valence electrons. The molecule has 4 aromatic rings. The van der Waals surface area contributed by atoms with Crippen LogP contribution in [0.2, 0.25) is 0 Å². The van der Waals surface area contributed by atoms with Crippen molar-refractivity contribution in [2.24, 2.45) is 0 Å². The molecule has 0 bridgehead atoms. The smallest absolute Gasteiger partial charge is 0.508 e. The van der Waals surface area contributed by atoms with Gasteiger partial charge in [-0.1, -0.05) is 76.2 Å². The molecule has 0 amide bonds. The number of phenols is 2. The highest BCUT2D eigenvalue weighted by molar-refractivity contribution is 7.48. The Labute approximate surface area is 255 Å². The van der Waals surface area contributed by atoms with Crippen molar-refractivity contribution >= 4 is 7.82 Å². The second-order valence-corrected chi connectivity index (χ2v) is 12.3. The number of aromatic hydroxyl groups is 2. The van der Waals surface area contributed by atoms with Crippen molar-refractivity contribution < 1.29 is 28.7 Å². The fourth-order valence-corrected chi connectivity index (χ4v) is 7.10. The van der Waals surface area contributed by atoms with E-state index >= 15 is 0 Å². The maximum absolute atomic E-state index is 12.9. The number of benzene rings is 4. The minimum absolute atomic E-state index is 0.243. The Kier molecular flexibility index (Phi) is 11.0. The van der Waals surface area contributed by atoms with Crippen molar-refractivity contribution in [3.05, 3.63) is 119 Å². The number of hydrogen-bond donors (Lipinski definition) is 3. The molecule has 4 unspecified atom stereocenters. The van der Waals surface area contributed by atoms with Gasteiger partial charge in [0, 0.05) is 0 Å². The first-order valence-corrected chi connectivity index (χ1v) is 16.7. The Bertz CT molecular complexity index is 1360. The van der Waals surface area contributed by atoms with E-state index in [4.69, 9.17) is 9.05 Å². The maximum Gasteiger partial charge on any atom is 0.584 e. The second kappa shape index (κ2) is 14.6. The normalized spacial score (nSPS) is 15.6. The van der Waals surface area contributed by atoms with Gasteiger partial charge in [0.2, 0.25) is 0 Å². The topological polar surface area (TPSA) is 96.2 Å². The summed E-state index contributed by atoms with van der Waals surface area (Å²) in [7, 11) is -4.43. The Morgan fingerprint density at radius 3 is 0.953 bits per heavy atom. The molecule has 4 aromatic carbocycles. The molecule has 6 nitrogen and oxygen atoms in total. The molecular weight excluding hydrogens is 559 g/mol. The predicted molar refractivity (Wildman–Crippen MR) is 172 cm³/mol. The molecule has 3 N–H and O–H groups in total. The maximum atomic E-state index is 12.9.